The summed E-state index contributed by atoms with van der Waals surface area (Å²) < 4.78 is 21.7. The minimum Gasteiger partial charge on any atom is -0.493 e. The standard InChI is InChI=1S/C17H25FN2O.ClH/c1-5-8-20-12-13(7-9-19(3)4)17-15(20)10-14(18)11-16(17)21-6-2;/h10-12H,5-9H2,1-4H3;1H. The molecule has 0 saturated heterocycles. The number of aromatic nitrogens is 1. The van der Waals surface area contributed by atoms with Crippen molar-refractivity contribution >= 4 is 23.3 Å². The molecule has 3 nitrogen and oxygen atoms in total. The number of likely N-dealkylation sites (N-methyl/N-ethyl adjacent to an activating group) is 1. The van der Waals surface area contributed by atoms with Crippen molar-refractivity contribution in [3.8, 4) is 5.75 Å². The van der Waals surface area contributed by atoms with E-state index in [1.165, 1.54) is 11.6 Å². The van der Waals surface area contributed by atoms with Gasteiger partial charge in [0.25, 0.3) is 0 Å². The van der Waals surface area contributed by atoms with Crippen LogP contribution < -0.4 is 4.74 Å². The second-order valence-corrected chi connectivity index (χ2v) is 5.63. The Labute approximate surface area is 138 Å². The predicted molar refractivity (Wildman–Crippen MR) is 92.9 cm³/mol. The monoisotopic (exact) mass is 328 g/mol. The summed E-state index contributed by atoms with van der Waals surface area (Å²) >= 11 is 0. The van der Waals surface area contributed by atoms with Crippen molar-refractivity contribution in [3.05, 3.63) is 29.7 Å². The fraction of sp³-hybridized carbons (Fsp3) is 0.529. The summed E-state index contributed by atoms with van der Waals surface area (Å²) in [6.45, 7) is 6.47. The molecule has 124 valence electrons. The van der Waals surface area contributed by atoms with E-state index in [2.05, 4.69) is 36.7 Å². The van der Waals surface area contributed by atoms with E-state index in [1.54, 1.807) is 6.07 Å². The molecule has 1 aromatic heterocycles. The van der Waals surface area contributed by atoms with Gasteiger partial charge in [-0.15, -0.1) is 12.4 Å². The number of aryl methyl sites for hydroxylation is 1. The third-order valence-corrected chi connectivity index (χ3v) is 3.58. The highest BCUT2D eigenvalue weighted by Gasteiger charge is 2.15. The summed E-state index contributed by atoms with van der Waals surface area (Å²) in [4.78, 5) is 2.16. The summed E-state index contributed by atoms with van der Waals surface area (Å²) in [7, 11) is 4.13. The number of halogens is 2. The first-order valence-electron chi connectivity index (χ1n) is 7.65. The van der Waals surface area contributed by atoms with Crippen molar-refractivity contribution in [1.29, 1.82) is 0 Å². The highest BCUT2D eigenvalue weighted by atomic mass is 35.5. The van der Waals surface area contributed by atoms with Crippen LogP contribution in [-0.4, -0.2) is 36.7 Å². The van der Waals surface area contributed by atoms with Crippen LogP contribution in [0.15, 0.2) is 18.3 Å². The Morgan fingerprint density at radius 2 is 1.95 bits per heavy atom. The number of fused-ring (bicyclic) bond motifs is 1. The van der Waals surface area contributed by atoms with Gasteiger partial charge in [0.05, 0.1) is 12.1 Å². The minimum atomic E-state index is -0.236. The Bertz CT molecular complexity index is 610. The molecule has 2 rings (SSSR count). The molecule has 0 unspecified atom stereocenters. The summed E-state index contributed by atoms with van der Waals surface area (Å²) in [6, 6.07) is 3.12. The summed E-state index contributed by atoms with van der Waals surface area (Å²) in [5.74, 6) is 0.427. The molecular formula is C17H26ClFN2O. The SMILES string of the molecule is CCCn1cc(CCN(C)C)c2c(OCC)cc(F)cc21.Cl. The van der Waals surface area contributed by atoms with E-state index in [9.17, 15) is 4.39 Å². The Kier molecular flexibility index (Phi) is 7.17. The smallest absolute Gasteiger partial charge is 0.131 e. The number of ether oxygens (including phenoxy) is 1. The summed E-state index contributed by atoms with van der Waals surface area (Å²) in [5, 5.41) is 1.06. The fourth-order valence-corrected chi connectivity index (χ4v) is 2.67. The molecule has 1 aromatic carbocycles. The first-order valence-corrected chi connectivity index (χ1v) is 7.65. The maximum absolute atomic E-state index is 13.9. The lowest BCUT2D eigenvalue weighted by Gasteiger charge is -2.10. The molecule has 2 aromatic rings. The van der Waals surface area contributed by atoms with Gasteiger partial charge in [0.1, 0.15) is 11.6 Å². The maximum atomic E-state index is 13.9. The number of rotatable bonds is 7. The molecule has 0 aliphatic rings. The molecule has 0 N–H and O–H groups in total. The topological polar surface area (TPSA) is 17.4 Å². The van der Waals surface area contributed by atoms with Gasteiger partial charge in [0.2, 0.25) is 0 Å². The molecular weight excluding hydrogens is 303 g/mol. The molecule has 5 heteroatoms. The van der Waals surface area contributed by atoms with Gasteiger partial charge >= 0.3 is 0 Å². The van der Waals surface area contributed by atoms with Crippen molar-refractivity contribution < 1.29 is 9.13 Å². The van der Waals surface area contributed by atoms with E-state index in [0.29, 0.717) is 12.4 Å². The van der Waals surface area contributed by atoms with Crippen LogP contribution in [0.25, 0.3) is 10.9 Å². The molecule has 0 spiro atoms. The number of benzene rings is 1. The Morgan fingerprint density at radius 3 is 2.55 bits per heavy atom. The van der Waals surface area contributed by atoms with Crippen molar-refractivity contribution in [2.24, 2.45) is 0 Å². The average Bonchev–Trinajstić information content (AvgIpc) is 2.75. The quantitative estimate of drug-likeness (QED) is 0.761. The zero-order valence-corrected chi connectivity index (χ0v) is 14.7. The highest BCUT2D eigenvalue weighted by molar-refractivity contribution is 5.90. The maximum Gasteiger partial charge on any atom is 0.131 e. The highest BCUT2D eigenvalue weighted by Crippen LogP contribution is 2.32. The van der Waals surface area contributed by atoms with E-state index >= 15 is 0 Å². The molecule has 0 radical (unpaired) electrons. The molecule has 0 aliphatic heterocycles. The number of hydrogen-bond acceptors (Lipinski definition) is 2. The lowest BCUT2D eigenvalue weighted by Crippen LogP contribution is -2.15. The Morgan fingerprint density at radius 1 is 1.23 bits per heavy atom. The van der Waals surface area contributed by atoms with Crippen molar-refractivity contribution in [2.75, 3.05) is 27.2 Å². The summed E-state index contributed by atoms with van der Waals surface area (Å²) in [5.41, 5.74) is 2.17. The van der Waals surface area contributed by atoms with Crippen LogP contribution in [0.5, 0.6) is 5.75 Å². The predicted octanol–water partition coefficient (Wildman–Crippen LogP) is 4.12. The molecule has 0 saturated carbocycles. The van der Waals surface area contributed by atoms with Crippen LogP contribution in [-0.2, 0) is 13.0 Å². The van der Waals surface area contributed by atoms with E-state index < -0.39 is 0 Å². The largest absolute Gasteiger partial charge is 0.493 e. The second kappa shape index (κ2) is 8.39. The van der Waals surface area contributed by atoms with Crippen LogP contribution in [0.2, 0.25) is 0 Å². The van der Waals surface area contributed by atoms with E-state index in [0.717, 1.165) is 36.8 Å². The fourth-order valence-electron chi connectivity index (χ4n) is 2.67. The average molecular weight is 329 g/mol. The molecule has 1 heterocycles. The number of nitrogens with zero attached hydrogens (tertiary/aromatic N) is 2. The normalized spacial score (nSPS) is 11.0. The van der Waals surface area contributed by atoms with Gasteiger partial charge in [0, 0.05) is 30.7 Å². The first-order chi connectivity index (χ1) is 10.1. The molecule has 0 atom stereocenters. The van der Waals surface area contributed by atoms with Crippen LogP contribution >= 0.6 is 12.4 Å². The van der Waals surface area contributed by atoms with Gasteiger partial charge in [-0.3, -0.25) is 0 Å². The zero-order valence-electron chi connectivity index (χ0n) is 13.9. The van der Waals surface area contributed by atoms with Gasteiger partial charge in [-0.1, -0.05) is 6.92 Å². The zero-order chi connectivity index (χ0) is 15.4. The third kappa shape index (κ3) is 4.14. The lowest BCUT2D eigenvalue weighted by atomic mass is 10.1. The molecule has 0 bridgehead atoms. The van der Waals surface area contributed by atoms with Crippen molar-refractivity contribution in [2.45, 2.75) is 33.2 Å². The van der Waals surface area contributed by atoms with Crippen LogP contribution in [0.4, 0.5) is 4.39 Å². The molecule has 0 aliphatic carbocycles. The van der Waals surface area contributed by atoms with E-state index in [1.807, 2.05) is 6.92 Å². The molecule has 0 amide bonds. The van der Waals surface area contributed by atoms with Gasteiger partial charge in [-0.25, -0.2) is 4.39 Å². The Balaban J connectivity index is 0.00000242. The van der Waals surface area contributed by atoms with Crippen LogP contribution in [0.3, 0.4) is 0 Å². The lowest BCUT2D eigenvalue weighted by molar-refractivity contribution is 0.342. The Hall–Kier alpha value is -1.26. The van der Waals surface area contributed by atoms with Gasteiger partial charge in [-0.2, -0.15) is 0 Å². The van der Waals surface area contributed by atoms with Gasteiger partial charge in [0.15, 0.2) is 0 Å². The van der Waals surface area contributed by atoms with E-state index in [-0.39, 0.29) is 18.2 Å². The van der Waals surface area contributed by atoms with E-state index in [4.69, 9.17) is 4.74 Å². The van der Waals surface area contributed by atoms with Gasteiger partial charge < -0.3 is 14.2 Å². The van der Waals surface area contributed by atoms with Crippen molar-refractivity contribution in [1.82, 2.24) is 9.47 Å². The first kappa shape index (κ1) is 18.8. The van der Waals surface area contributed by atoms with Gasteiger partial charge in [-0.05, 0) is 45.5 Å². The van der Waals surface area contributed by atoms with Crippen molar-refractivity contribution in [3.63, 3.8) is 0 Å². The van der Waals surface area contributed by atoms with Crippen LogP contribution in [0, 0.1) is 5.82 Å². The molecule has 22 heavy (non-hydrogen) atoms. The third-order valence-electron chi connectivity index (χ3n) is 3.58. The molecule has 0 fully saturated rings. The second-order valence-electron chi connectivity index (χ2n) is 5.63. The van der Waals surface area contributed by atoms with Crippen LogP contribution in [0.1, 0.15) is 25.8 Å². The number of hydrogen-bond donors (Lipinski definition) is 0. The minimum absolute atomic E-state index is 0. The summed E-state index contributed by atoms with van der Waals surface area (Å²) in [6.07, 6.45) is 4.11.